The Morgan fingerprint density at radius 1 is 1.42 bits per heavy atom. The van der Waals surface area contributed by atoms with Crippen LogP contribution < -0.4 is 5.32 Å². The number of likely N-dealkylation sites (tertiary alicyclic amines) is 1. The number of hydrogen-bond acceptors (Lipinski definition) is 2. The van der Waals surface area contributed by atoms with E-state index in [-0.39, 0.29) is 11.6 Å². The predicted molar refractivity (Wildman–Crippen MR) is 69.8 cm³/mol. The number of piperidine rings is 1. The molecule has 0 saturated carbocycles. The van der Waals surface area contributed by atoms with Crippen LogP contribution in [-0.2, 0) is 4.79 Å². The van der Waals surface area contributed by atoms with Crippen molar-refractivity contribution in [2.24, 2.45) is 5.92 Å². The lowest BCUT2D eigenvalue weighted by molar-refractivity contribution is -0.117. The third kappa shape index (κ3) is 3.99. The maximum Gasteiger partial charge on any atom is 0.238 e. The summed E-state index contributed by atoms with van der Waals surface area (Å²) < 4.78 is 25.8. The quantitative estimate of drug-likeness (QED) is 0.914. The molecule has 1 saturated heterocycles. The van der Waals surface area contributed by atoms with Gasteiger partial charge >= 0.3 is 0 Å². The van der Waals surface area contributed by atoms with Crippen molar-refractivity contribution in [2.45, 2.75) is 19.8 Å². The van der Waals surface area contributed by atoms with Crippen LogP contribution in [0.4, 0.5) is 14.5 Å². The number of hydrogen-bond donors (Lipinski definition) is 1. The lowest BCUT2D eigenvalue weighted by Crippen LogP contribution is -2.39. The van der Waals surface area contributed by atoms with Crippen LogP contribution in [0.25, 0.3) is 0 Å². The van der Waals surface area contributed by atoms with Crippen molar-refractivity contribution >= 4 is 11.6 Å². The number of carbonyl (C=O) groups excluding carboxylic acids is 1. The Balaban J connectivity index is 1.88. The van der Waals surface area contributed by atoms with E-state index in [1.54, 1.807) is 0 Å². The molecule has 0 radical (unpaired) electrons. The van der Waals surface area contributed by atoms with Crippen molar-refractivity contribution in [1.29, 1.82) is 0 Å². The standard InChI is InChI=1S/C14H18F2N2O/c1-10-3-2-6-18(8-10)9-14(19)17-11-4-5-12(15)13(16)7-11/h4-5,7,10H,2-3,6,8-9H2,1H3,(H,17,19)/t10-/m1/s1. The molecule has 1 amide bonds. The van der Waals surface area contributed by atoms with Gasteiger partial charge in [-0.2, -0.15) is 0 Å². The lowest BCUT2D eigenvalue weighted by atomic mass is 10.0. The second-order valence-corrected chi connectivity index (χ2v) is 5.16. The molecule has 0 aromatic heterocycles. The number of nitrogens with one attached hydrogen (secondary N) is 1. The van der Waals surface area contributed by atoms with Gasteiger partial charge in [0.15, 0.2) is 11.6 Å². The molecule has 1 aliphatic heterocycles. The third-order valence-corrected chi connectivity index (χ3v) is 3.31. The number of nitrogens with zero attached hydrogens (tertiary/aromatic N) is 1. The molecule has 1 heterocycles. The molecule has 2 rings (SSSR count). The van der Waals surface area contributed by atoms with E-state index in [4.69, 9.17) is 0 Å². The SMILES string of the molecule is C[C@@H]1CCCN(CC(=O)Nc2ccc(F)c(F)c2)C1. The normalized spacial score (nSPS) is 20.3. The van der Waals surface area contributed by atoms with Crippen LogP contribution in [0.1, 0.15) is 19.8 Å². The number of carbonyl (C=O) groups is 1. The monoisotopic (exact) mass is 268 g/mol. The van der Waals surface area contributed by atoms with Gasteiger partial charge in [0.25, 0.3) is 0 Å². The summed E-state index contributed by atoms with van der Waals surface area (Å²) in [6.07, 6.45) is 2.29. The fourth-order valence-electron chi connectivity index (χ4n) is 2.41. The van der Waals surface area contributed by atoms with Crippen molar-refractivity contribution in [3.8, 4) is 0 Å². The van der Waals surface area contributed by atoms with E-state index >= 15 is 0 Å². The number of benzene rings is 1. The van der Waals surface area contributed by atoms with Crippen LogP contribution in [0.3, 0.4) is 0 Å². The van der Waals surface area contributed by atoms with E-state index in [1.165, 1.54) is 12.5 Å². The van der Waals surface area contributed by atoms with E-state index in [1.807, 2.05) is 0 Å². The smallest absolute Gasteiger partial charge is 0.238 e. The average Bonchev–Trinajstić information content (AvgIpc) is 2.34. The molecule has 1 fully saturated rings. The molecule has 19 heavy (non-hydrogen) atoms. The predicted octanol–water partition coefficient (Wildman–Crippen LogP) is 2.64. The highest BCUT2D eigenvalue weighted by molar-refractivity contribution is 5.92. The highest BCUT2D eigenvalue weighted by Crippen LogP contribution is 2.16. The fourth-order valence-corrected chi connectivity index (χ4v) is 2.41. The van der Waals surface area contributed by atoms with Crippen molar-refractivity contribution in [3.05, 3.63) is 29.8 Å². The Hall–Kier alpha value is -1.49. The number of rotatable bonds is 3. The summed E-state index contributed by atoms with van der Waals surface area (Å²) in [4.78, 5) is 13.9. The molecule has 1 aromatic rings. The molecule has 0 aliphatic carbocycles. The molecule has 0 spiro atoms. The highest BCUT2D eigenvalue weighted by Gasteiger charge is 2.18. The van der Waals surface area contributed by atoms with Gasteiger partial charge in [0.05, 0.1) is 6.54 Å². The van der Waals surface area contributed by atoms with E-state index in [0.717, 1.165) is 31.6 Å². The summed E-state index contributed by atoms with van der Waals surface area (Å²) in [7, 11) is 0. The van der Waals surface area contributed by atoms with E-state index in [0.29, 0.717) is 12.5 Å². The molecule has 5 heteroatoms. The third-order valence-electron chi connectivity index (χ3n) is 3.31. The zero-order valence-corrected chi connectivity index (χ0v) is 11.0. The molecular weight excluding hydrogens is 250 g/mol. The van der Waals surface area contributed by atoms with Gasteiger partial charge in [-0.15, -0.1) is 0 Å². The first kappa shape index (κ1) is 13.9. The van der Waals surface area contributed by atoms with Crippen molar-refractivity contribution in [2.75, 3.05) is 25.0 Å². The van der Waals surface area contributed by atoms with Crippen LogP contribution in [0, 0.1) is 17.6 Å². The second-order valence-electron chi connectivity index (χ2n) is 5.16. The molecule has 3 nitrogen and oxygen atoms in total. The van der Waals surface area contributed by atoms with Gasteiger partial charge in [-0.3, -0.25) is 9.69 Å². The summed E-state index contributed by atoms with van der Waals surface area (Å²) in [5.74, 6) is -1.46. The number of amides is 1. The van der Waals surface area contributed by atoms with Gasteiger partial charge in [0, 0.05) is 18.3 Å². The van der Waals surface area contributed by atoms with E-state index in [9.17, 15) is 13.6 Å². The molecular formula is C14H18F2N2O. The molecule has 104 valence electrons. The zero-order chi connectivity index (χ0) is 13.8. The van der Waals surface area contributed by atoms with Gasteiger partial charge in [-0.1, -0.05) is 6.92 Å². The Morgan fingerprint density at radius 2 is 2.21 bits per heavy atom. The summed E-state index contributed by atoms with van der Waals surface area (Å²) in [5.41, 5.74) is 0.286. The minimum absolute atomic E-state index is 0.194. The van der Waals surface area contributed by atoms with Gasteiger partial charge in [-0.05, 0) is 37.4 Å². The molecule has 0 unspecified atom stereocenters. The van der Waals surface area contributed by atoms with Gasteiger partial charge in [0.2, 0.25) is 5.91 Å². The summed E-state index contributed by atoms with van der Waals surface area (Å²) in [6.45, 7) is 4.28. The Morgan fingerprint density at radius 3 is 2.89 bits per heavy atom. The minimum Gasteiger partial charge on any atom is -0.325 e. The minimum atomic E-state index is -0.954. The molecule has 1 aromatic carbocycles. The Bertz CT molecular complexity index is 465. The first-order valence-corrected chi connectivity index (χ1v) is 6.52. The van der Waals surface area contributed by atoms with Crippen LogP contribution in [0.5, 0.6) is 0 Å². The van der Waals surface area contributed by atoms with E-state index in [2.05, 4.69) is 17.1 Å². The Kier molecular flexibility index (Phi) is 4.47. The molecule has 0 bridgehead atoms. The van der Waals surface area contributed by atoms with Crippen molar-refractivity contribution < 1.29 is 13.6 Å². The Labute approximate surface area is 111 Å². The van der Waals surface area contributed by atoms with Gasteiger partial charge in [-0.25, -0.2) is 8.78 Å². The van der Waals surface area contributed by atoms with Crippen molar-refractivity contribution in [1.82, 2.24) is 4.90 Å². The van der Waals surface area contributed by atoms with Crippen LogP contribution in [-0.4, -0.2) is 30.4 Å². The topological polar surface area (TPSA) is 32.3 Å². The second kappa shape index (κ2) is 6.10. The van der Waals surface area contributed by atoms with E-state index < -0.39 is 11.6 Å². The van der Waals surface area contributed by atoms with Gasteiger partial charge in [0.1, 0.15) is 0 Å². The summed E-state index contributed by atoms with van der Waals surface area (Å²) in [5, 5.41) is 2.58. The largest absolute Gasteiger partial charge is 0.325 e. The number of anilines is 1. The maximum atomic E-state index is 13.0. The van der Waals surface area contributed by atoms with Crippen LogP contribution in [0.2, 0.25) is 0 Å². The summed E-state index contributed by atoms with van der Waals surface area (Å²) in [6, 6.07) is 3.36. The van der Waals surface area contributed by atoms with Crippen LogP contribution in [0.15, 0.2) is 18.2 Å². The van der Waals surface area contributed by atoms with Gasteiger partial charge < -0.3 is 5.32 Å². The first-order valence-electron chi connectivity index (χ1n) is 6.52. The molecule has 1 aliphatic rings. The summed E-state index contributed by atoms with van der Waals surface area (Å²) >= 11 is 0. The average molecular weight is 268 g/mol. The lowest BCUT2D eigenvalue weighted by Gasteiger charge is -2.30. The fraction of sp³-hybridized carbons (Fsp3) is 0.500. The molecule has 1 N–H and O–H groups in total. The zero-order valence-electron chi connectivity index (χ0n) is 11.0. The van der Waals surface area contributed by atoms with Crippen LogP contribution >= 0.6 is 0 Å². The highest BCUT2D eigenvalue weighted by atomic mass is 19.2. The first-order chi connectivity index (χ1) is 9.04. The molecule has 1 atom stereocenters. The maximum absolute atomic E-state index is 13.0. The van der Waals surface area contributed by atoms with Crippen molar-refractivity contribution in [3.63, 3.8) is 0 Å². The number of halogens is 2.